The van der Waals surface area contributed by atoms with Crippen LogP contribution in [0.25, 0.3) is 0 Å². The third-order valence-corrected chi connectivity index (χ3v) is 3.68. The fourth-order valence-electron chi connectivity index (χ4n) is 2.36. The van der Waals surface area contributed by atoms with Gasteiger partial charge in [-0.25, -0.2) is 0 Å². The molecule has 1 amide bonds. The van der Waals surface area contributed by atoms with Crippen LogP contribution < -0.4 is 5.32 Å². The van der Waals surface area contributed by atoms with Crippen LogP contribution in [0.4, 0.5) is 0 Å². The molecular formula is C16H33N3O. The molecule has 0 bridgehead atoms. The summed E-state index contributed by atoms with van der Waals surface area (Å²) in [4.78, 5) is 16.4. The number of rotatable bonds is 7. The maximum atomic E-state index is 12.1. The van der Waals surface area contributed by atoms with Crippen LogP contribution in [0.1, 0.15) is 47.5 Å². The van der Waals surface area contributed by atoms with E-state index < -0.39 is 0 Å². The summed E-state index contributed by atoms with van der Waals surface area (Å²) in [5.74, 6) is 1.02. The quantitative estimate of drug-likeness (QED) is 0.726. The van der Waals surface area contributed by atoms with Crippen molar-refractivity contribution in [2.75, 3.05) is 39.3 Å². The monoisotopic (exact) mass is 283 g/mol. The summed E-state index contributed by atoms with van der Waals surface area (Å²) in [7, 11) is 0. The summed E-state index contributed by atoms with van der Waals surface area (Å²) in [6.45, 7) is 16.5. The van der Waals surface area contributed by atoms with E-state index in [1.807, 2.05) is 4.90 Å². The Hall–Kier alpha value is -0.610. The number of carbonyl (C=O) groups excluding carboxylic acids is 1. The highest BCUT2D eigenvalue weighted by atomic mass is 16.2. The Balaban J connectivity index is 2.19. The van der Waals surface area contributed by atoms with Crippen molar-refractivity contribution >= 4 is 5.91 Å². The lowest BCUT2D eigenvalue weighted by molar-refractivity contribution is -0.136. The molecule has 1 heterocycles. The molecule has 0 aromatic rings. The second-order valence-electron chi connectivity index (χ2n) is 7.37. The molecule has 0 aliphatic carbocycles. The van der Waals surface area contributed by atoms with Crippen molar-refractivity contribution in [3.63, 3.8) is 0 Å². The van der Waals surface area contributed by atoms with Crippen molar-refractivity contribution in [2.45, 2.75) is 53.0 Å². The van der Waals surface area contributed by atoms with E-state index in [2.05, 4.69) is 44.8 Å². The molecule has 0 spiro atoms. The zero-order chi connectivity index (χ0) is 15.2. The third kappa shape index (κ3) is 7.25. The average Bonchev–Trinajstić information content (AvgIpc) is 2.32. The number of hydrogen-bond acceptors (Lipinski definition) is 3. The summed E-state index contributed by atoms with van der Waals surface area (Å²) in [5.41, 5.74) is 0.166. The molecule has 1 aliphatic heterocycles. The van der Waals surface area contributed by atoms with Gasteiger partial charge >= 0.3 is 0 Å². The van der Waals surface area contributed by atoms with Crippen LogP contribution in [-0.2, 0) is 4.79 Å². The van der Waals surface area contributed by atoms with Crippen molar-refractivity contribution in [3.05, 3.63) is 0 Å². The first kappa shape index (κ1) is 17.4. The van der Waals surface area contributed by atoms with Crippen LogP contribution >= 0.6 is 0 Å². The Labute approximate surface area is 124 Å². The van der Waals surface area contributed by atoms with E-state index in [0.29, 0.717) is 18.4 Å². The van der Waals surface area contributed by atoms with Gasteiger partial charge in [-0.15, -0.1) is 0 Å². The van der Waals surface area contributed by atoms with Gasteiger partial charge in [-0.2, -0.15) is 0 Å². The normalized spacial score (nSPS) is 18.1. The van der Waals surface area contributed by atoms with Crippen molar-refractivity contribution < 1.29 is 4.79 Å². The number of nitrogens with one attached hydrogen (secondary N) is 1. The highest BCUT2D eigenvalue weighted by Gasteiger charge is 2.23. The highest BCUT2D eigenvalue weighted by molar-refractivity contribution is 5.79. The Morgan fingerprint density at radius 2 is 1.90 bits per heavy atom. The van der Waals surface area contributed by atoms with Gasteiger partial charge in [0.15, 0.2) is 0 Å². The van der Waals surface area contributed by atoms with E-state index in [1.165, 1.54) is 6.42 Å². The molecule has 0 atom stereocenters. The summed E-state index contributed by atoms with van der Waals surface area (Å²) in [6.07, 6.45) is 2.22. The van der Waals surface area contributed by atoms with Crippen LogP contribution in [0.5, 0.6) is 0 Å². The SMILES string of the molecule is CC(C)CCN1CCN(CCCNC(C)(C)C)C(=O)C1. The molecule has 4 heteroatoms. The number of piperazine rings is 1. The van der Waals surface area contributed by atoms with E-state index >= 15 is 0 Å². The molecule has 1 aliphatic rings. The molecule has 1 N–H and O–H groups in total. The molecule has 118 valence electrons. The molecule has 0 unspecified atom stereocenters. The number of nitrogens with zero attached hydrogens (tertiary/aromatic N) is 2. The minimum Gasteiger partial charge on any atom is -0.340 e. The van der Waals surface area contributed by atoms with Gasteiger partial charge in [-0.05, 0) is 52.6 Å². The topological polar surface area (TPSA) is 35.6 Å². The molecule has 0 aromatic carbocycles. The molecule has 4 nitrogen and oxygen atoms in total. The van der Waals surface area contributed by atoms with Gasteiger partial charge in [0.05, 0.1) is 6.54 Å². The van der Waals surface area contributed by atoms with E-state index in [0.717, 1.165) is 39.1 Å². The minimum absolute atomic E-state index is 0.166. The van der Waals surface area contributed by atoms with Crippen LogP contribution in [0.3, 0.4) is 0 Å². The molecule has 1 rings (SSSR count). The Morgan fingerprint density at radius 3 is 2.45 bits per heavy atom. The van der Waals surface area contributed by atoms with Crippen molar-refractivity contribution in [1.82, 2.24) is 15.1 Å². The zero-order valence-electron chi connectivity index (χ0n) is 14.0. The maximum absolute atomic E-state index is 12.1. The van der Waals surface area contributed by atoms with Gasteiger partial charge < -0.3 is 10.2 Å². The van der Waals surface area contributed by atoms with Crippen LogP contribution in [-0.4, -0.2) is 60.5 Å². The Bertz CT molecular complexity index is 297. The first-order valence-corrected chi connectivity index (χ1v) is 8.03. The van der Waals surface area contributed by atoms with Gasteiger partial charge in [0.2, 0.25) is 5.91 Å². The summed E-state index contributed by atoms with van der Waals surface area (Å²) in [5, 5.41) is 3.47. The van der Waals surface area contributed by atoms with Crippen LogP contribution in [0.15, 0.2) is 0 Å². The first-order chi connectivity index (χ1) is 9.28. The van der Waals surface area contributed by atoms with E-state index in [4.69, 9.17) is 0 Å². The predicted molar refractivity (Wildman–Crippen MR) is 84.8 cm³/mol. The lowest BCUT2D eigenvalue weighted by atomic mass is 10.1. The van der Waals surface area contributed by atoms with Crippen molar-refractivity contribution in [2.24, 2.45) is 5.92 Å². The smallest absolute Gasteiger partial charge is 0.236 e. The average molecular weight is 283 g/mol. The molecule has 0 aromatic heterocycles. The Morgan fingerprint density at radius 1 is 1.20 bits per heavy atom. The van der Waals surface area contributed by atoms with Gasteiger partial charge in [0.25, 0.3) is 0 Å². The van der Waals surface area contributed by atoms with Gasteiger partial charge in [-0.3, -0.25) is 9.69 Å². The molecule has 1 saturated heterocycles. The highest BCUT2D eigenvalue weighted by Crippen LogP contribution is 2.08. The molecule has 20 heavy (non-hydrogen) atoms. The van der Waals surface area contributed by atoms with E-state index in [-0.39, 0.29) is 5.54 Å². The second-order valence-corrected chi connectivity index (χ2v) is 7.37. The van der Waals surface area contributed by atoms with Gasteiger partial charge in [0, 0.05) is 25.2 Å². The van der Waals surface area contributed by atoms with E-state index in [9.17, 15) is 4.79 Å². The molecular weight excluding hydrogens is 250 g/mol. The largest absolute Gasteiger partial charge is 0.340 e. The number of hydrogen-bond donors (Lipinski definition) is 1. The van der Waals surface area contributed by atoms with Crippen LogP contribution in [0.2, 0.25) is 0 Å². The maximum Gasteiger partial charge on any atom is 0.236 e. The fourth-order valence-corrected chi connectivity index (χ4v) is 2.36. The standard InChI is InChI=1S/C16H33N3O/c1-14(2)7-10-18-11-12-19(15(20)13-18)9-6-8-17-16(3,4)5/h14,17H,6-13H2,1-5H3. The second kappa shape index (κ2) is 7.99. The number of carbonyl (C=O) groups is 1. The Kier molecular flexibility index (Phi) is 6.96. The van der Waals surface area contributed by atoms with Crippen LogP contribution in [0, 0.1) is 5.92 Å². The molecule has 0 radical (unpaired) electrons. The van der Waals surface area contributed by atoms with Gasteiger partial charge in [-0.1, -0.05) is 13.8 Å². The number of amides is 1. The minimum atomic E-state index is 0.166. The third-order valence-electron chi connectivity index (χ3n) is 3.68. The van der Waals surface area contributed by atoms with Crippen molar-refractivity contribution in [3.8, 4) is 0 Å². The summed E-state index contributed by atoms with van der Waals surface area (Å²) < 4.78 is 0. The zero-order valence-corrected chi connectivity index (χ0v) is 14.0. The molecule has 1 fully saturated rings. The fraction of sp³-hybridized carbons (Fsp3) is 0.938. The van der Waals surface area contributed by atoms with E-state index in [1.54, 1.807) is 0 Å². The van der Waals surface area contributed by atoms with Gasteiger partial charge in [0.1, 0.15) is 0 Å². The lowest BCUT2D eigenvalue weighted by Gasteiger charge is -2.34. The summed E-state index contributed by atoms with van der Waals surface area (Å²) >= 11 is 0. The lowest BCUT2D eigenvalue weighted by Crippen LogP contribution is -2.51. The molecule has 0 saturated carbocycles. The summed E-state index contributed by atoms with van der Waals surface area (Å²) in [6, 6.07) is 0. The van der Waals surface area contributed by atoms with Crippen molar-refractivity contribution in [1.29, 1.82) is 0 Å². The first-order valence-electron chi connectivity index (χ1n) is 8.03. The predicted octanol–water partition coefficient (Wildman–Crippen LogP) is 1.95.